The number of nitriles is 1. The zero-order valence-corrected chi connectivity index (χ0v) is 17.1. The molecule has 1 aliphatic rings. The molecule has 0 spiro atoms. The molecule has 0 fully saturated rings. The Morgan fingerprint density at radius 1 is 1.33 bits per heavy atom. The maximum atomic E-state index is 12.6. The number of thioether (sulfide) groups is 1. The molecule has 1 N–H and O–H groups in total. The molecule has 1 amide bonds. The van der Waals surface area contributed by atoms with E-state index < -0.39 is 0 Å². The number of benzene rings is 1. The Morgan fingerprint density at radius 2 is 2.11 bits per heavy atom. The number of rotatable bonds is 4. The highest BCUT2D eigenvalue weighted by Gasteiger charge is 2.22. The summed E-state index contributed by atoms with van der Waals surface area (Å²) < 4.78 is 0. The summed E-state index contributed by atoms with van der Waals surface area (Å²) >= 11 is 1.36. The minimum absolute atomic E-state index is 0.0831. The monoisotopic (exact) mass is 379 g/mol. The fraction of sp³-hybridized carbons (Fsp3) is 0.409. The third kappa shape index (κ3) is 4.51. The Kier molecular flexibility index (Phi) is 5.86. The number of anilines is 1. The topological polar surface area (TPSA) is 65.8 Å². The molecule has 1 aromatic heterocycles. The molecular formula is C22H25N3OS. The van der Waals surface area contributed by atoms with Gasteiger partial charge in [0.2, 0.25) is 5.91 Å². The molecule has 0 saturated carbocycles. The molecule has 2 unspecified atom stereocenters. The van der Waals surface area contributed by atoms with E-state index in [2.05, 4.69) is 18.3 Å². The molecule has 27 heavy (non-hydrogen) atoms. The molecule has 0 bridgehead atoms. The quantitative estimate of drug-likeness (QED) is 0.774. The van der Waals surface area contributed by atoms with E-state index in [0.29, 0.717) is 16.5 Å². The molecule has 3 rings (SSSR count). The van der Waals surface area contributed by atoms with Crippen LogP contribution in [0.4, 0.5) is 5.69 Å². The van der Waals surface area contributed by atoms with Crippen LogP contribution in [0.3, 0.4) is 0 Å². The average Bonchev–Trinajstić information content (AvgIpc) is 2.64. The number of carbonyl (C=O) groups excluding carboxylic acids is 1. The van der Waals surface area contributed by atoms with E-state index in [0.717, 1.165) is 36.2 Å². The van der Waals surface area contributed by atoms with Crippen LogP contribution in [0, 0.1) is 31.1 Å². The summed E-state index contributed by atoms with van der Waals surface area (Å²) in [4.78, 5) is 17.3. The molecular weight excluding hydrogens is 354 g/mol. The fourth-order valence-electron chi connectivity index (χ4n) is 3.28. The Balaban J connectivity index is 1.75. The normalized spacial score (nSPS) is 16.9. The van der Waals surface area contributed by atoms with Crippen LogP contribution in [-0.4, -0.2) is 16.1 Å². The van der Waals surface area contributed by atoms with Gasteiger partial charge in [0, 0.05) is 11.4 Å². The lowest BCUT2D eigenvalue weighted by Gasteiger charge is -2.22. The van der Waals surface area contributed by atoms with Crippen molar-refractivity contribution in [2.24, 2.45) is 5.92 Å². The fourth-order valence-corrected chi connectivity index (χ4v) is 4.18. The number of hydrogen-bond acceptors (Lipinski definition) is 4. The molecule has 0 saturated heterocycles. The van der Waals surface area contributed by atoms with E-state index in [1.807, 2.05) is 45.0 Å². The van der Waals surface area contributed by atoms with Gasteiger partial charge in [-0.3, -0.25) is 4.79 Å². The van der Waals surface area contributed by atoms with Gasteiger partial charge in [-0.15, -0.1) is 0 Å². The van der Waals surface area contributed by atoms with Crippen molar-refractivity contribution in [1.29, 1.82) is 5.26 Å². The first kappa shape index (κ1) is 19.4. The van der Waals surface area contributed by atoms with E-state index in [1.165, 1.54) is 22.9 Å². The van der Waals surface area contributed by atoms with Gasteiger partial charge in [-0.05, 0) is 80.8 Å². The van der Waals surface area contributed by atoms with Gasteiger partial charge in [0.1, 0.15) is 11.1 Å². The Morgan fingerprint density at radius 3 is 2.81 bits per heavy atom. The Hall–Kier alpha value is -2.32. The first-order valence-corrected chi connectivity index (χ1v) is 10.2. The van der Waals surface area contributed by atoms with Crippen LogP contribution in [0.2, 0.25) is 0 Å². The predicted molar refractivity (Wildman–Crippen MR) is 110 cm³/mol. The lowest BCUT2D eigenvalue weighted by atomic mass is 9.87. The minimum Gasteiger partial charge on any atom is -0.325 e. The number of amides is 1. The molecule has 5 heteroatoms. The highest BCUT2D eigenvalue weighted by molar-refractivity contribution is 8.00. The van der Waals surface area contributed by atoms with Crippen molar-refractivity contribution >= 4 is 23.4 Å². The highest BCUT2D eigenvalue weighted by Crippen LogP contribution is 2.31. The number of nitrogens with zero attached hydrogens (tertiary/aromatic N) is 2. The van der Waals surface area contributed by atoms with Crippen molar-refractivity contribution in [3.63, 3.8) is 0 Å². The Bertz CT molecular complexity index is 917. The van der Waals surface area contributed by atoms with E-state index in [-0.39, 0.29) is 11.2 Å². The summed E-state index contributed by atoms with van der Waals surface area (Å²) in [7, 11) is 0. The van der Waals surface area contributed by atoms with Crippen LogP contribution >= 0.6 is 11.8 Å². The van der Waals surface area contributed by atoms with Gasteiger partial charge < -0.3 is 5.32 Å². The average molecular weight is 380 g/mol. The number of pyridine rings is 1. The molecule has 1 aromatic carbocycles. The maximum absolute atomic E-state index is 12.6. The van der Waals surface area contributed by atoms with E-state index in [4.69, 9.17) is 4.98 Å². The van der Waals surface area contributed by atoms with Gasteiger partial charge in [0.15, 0.2) is 0 Å². The van der Waals surface area contributed by atoms with Crippen LogP contribution in [0.15, 0.2) is 29.3 Å². The summed E-state index contributed by atoms with van der Waals surface area (Å²) in [6.07, 6.45) is 3.04. The van der Waals surface area contributed by atoms with Crippen molar-refractivity contribution < 1.29 is 4.79 Å². The number of fused-ring (bicyclic) bond motifs is 1. The second-order valence-corrected chi connectivity index (χ2v) is 8.78. The van der Waals surface area contributed by atoms with Gasteiger partial charge in [0.25, 0.3) is 0 Å². The van der Waals surface area contributed by atoms with E-state index in [9.17, 15) is 10.1 Å². The van der Waals surface area contributed by atoms with Crippen LogP contribution in [0.25, 0.3) is 0 Å². The molecule has 1 aliphatic carbocycles. The van der Waals surface area contributed by atoms with Crippen molar-refractivity contribution in [2.45, 2.75) is 57.2 Å². The molecule has 2 atom stereocenters. The van der Waals surface area contributed by atoms with E-state index >= 15 is 0 Å². The Labute approximate surface area is 165 Å². The zero-order valence-electron chi connectivity index (χ0n) is 16.3. The van der Waals surface area contributed by atoms with Crippen molar-refractivity contribution in [3.8, 4) is 6.07 Å². The first-order valence-electron chi connectivity index (χ1n) is 9.35. The van der Waals surface area contributed by atoms with Gasteiger partial charge in [-0.25, -0.2) is 4.98 Å². The van der Waals surface area contributed by atoms with Crippen molar-refractivity contribution in [1.82, 2.24) is 4.98 Å². The number of nitrogens with one attached hydrogen (secondary N) is 1. The summed E-state index contributed by atoms with van der Waals surface area (Å²) in [6.45, 7) is 8.16. The smallest absolute Gasteiger partial charge is 0.237 e. The molecule has 4 nitrogen and oxygen atoms in total. The number of carbonyl (C=O) groups is 1. The first-order chi connectivity index (χ1) is 12.9. The molecule has 0 aliphatic heterocycles. The predicted octanol–water partition coefficient (Wildman–Crippen LogP) is 4.81. The van der Waals surface area contributed by atoms with Gasteiger partial charge >= 0.3 is 0 Å². The van der Waals surface area contributed by atoms with Crippen LogP contribution in [0.1, 0.15) is 48.2 Å². The molecule has 140 valence electrons. The number of aryl methyl sites for hydroxylation is 3. The van der Waals surface area contributed by atoms with Crippen molar-refractivity contribution in [3.05, 3.63) is 52.2 Å². The summed E-state index contributed by atoms with van der Waals surface area (Å²) in [6, 6.07) is 10.1. The second kappa shape index (κ2) is 8.14. The van der Waals surface area contributed by atoms with Crippen molar-refractivity contribution in [2.75, 3.05) is 5.32 Å². The lowest BCUT2D eigenvalue weighted by Crippen LogP contribution is -2.23. The maximum Gasteiger partial charge on any atom is 0.237 e. The summed E-state index contributed by atoms with van der Waals surface area (Å²) in [5, 5.41) is 12.8. The number of aromatic nitrogens is 1. The minimum atomic E-state index is -0.341. The van der Waals surface area contributed by atoms with Crippen LogP contribution in [0.5, 0.6) is 0 Å². The third-order valence-electron chi connectivity index (χ3n) is 5.15. The molecule has 1 heterocycles. The van der Waals surface area contributed by atoms with Crippen LogP contribution in [-0.2, 0) is 17.6 Å². The lowest BCUT2D eigenvalue weighted by molar-refractivity contribution is -0.115. The summed E-state index contributed by atoms with van der Waals surface area (Å²) in [5.74, 6) is 0.548. The molecule has 2 aromatic rings. The highest BCUT2D eigenvalue weighted by atomic mass is 32.2. The number of hydrogen-bond donors (Lipinski definition) is 1. The van der Waals surface area contributed by atoms with Gasteiger partial charge in [0.05, 0.1) is 10.8 Å². The van der Waals surface area contributed by atoms with Gasteiger partial charge in [-0.1, -0.05) is 24.8 Å². The van der Waals surface area contributed by atoms with Crippen LogP contribution < -0.4 is 5.32 Å². The van der Waals surface area contributed by atoms with Gasteiger partial charge in [-0.2, -0.15) is 5.26 Å². The summed E-state index contributed by atoms with van der Waals surface area (Å²) in [5.41, 5.74) is 5.97. The SMILES string of the molecule is Cc1ccc(NC(=O)C(C)Sc2nc3c(cc2C#N)CC(C)CC3)cc1C. The second-order valence-electron chi connectivity index (χ2n) is 7.46. The standard InChI is InChI=1S/C22H25N3OS/c1-13-5-8-20-17(9-13)11-18(12-23)22(25-20)27-16(4)21(26)24-19-7-6-14(2)15(3)10-19/h6-7,10-11,13,16H,5,8-9H2,1-4H3,(H,24,26). The zero-order chi connectivity index (χ0) is 19.6. The van der Waals surface area contributed by atoms with E-state index in [1.54, 1.807) is 0 Å². The molecule has 0 radical (unpaired) electrons. The largest absolute Gasteiger partial charge is 0.325 e. The third-order valence-corrected chi connectivity index (χ3v) is 6.25.